The van der Waals surface area contributed by atoms with E-state index in [2.05, 4.69) is 10.3 Å². The Kier molecular flexibility index (Phi) is 5.92. The number of aromatic hydroxyl groups is 1. The Morgan fingerprint density at radius 1 is 1.10 bits per heavy atom. The lowest BCUT2D eigenvalue weighted by Gasteiger charge is -2.15. The van der Waals surface area contributed by atoms with Crippen LogP contribution in [0.5, 0.6) is 28.7 Å². The van der Waals surface area contributed by atoms with Crippen LogP contribution in [0, 0.1) is 0 Å². The topological polar surface area (TPSA) is 122 Å². The number of fused-ring (bicyclic) bond motifs is 2. The van der Waals surface area contributed by atoms with Crippen molar-refractivity contribution >= 4 is 10.9 Å². The van der Waals surface area contributed by atoms with Crippen molar-refractivity contribution in [2.24, 2.45) is 0 Å². The van der Waals surface area contributed by atoms with E-state index in [-0.39, 0.29) is 24.7 Å². The second-order valence-corrected chi connectivity index (χ2v) is 6.73. The van der Waals surface area contributed by atoms with Gasteiger partial charge in [0.2, 0.25) is 12.4 Å². The first kappa shape index (κ1) is 19.9. The lowest BCUT2D eigenvalue weighted by molar-refractivity contribution is 0.106. The zero-order valence-corrected chi connectivity index (χ0v) is 16.1. The summed E-state index contributed by atoms with van der Waals surface area (Å²) in [5, 5.41) is 23.7. The Morgan fingerprint density at radius 3 is 2.87 bits per heavy atom. The molecule has 0 saturated carbocycles. The highest BCUT2D eigenvalue weighted by molar-refractivity contribution is 5.89. The van der Waals surface area contributed by atoms with Gasteiger partial charge in [-0.25, -0.2) is 0 Å². The van der Waals surface area contributed by atoms with Gasteiger partial charge in [-0.3, -0.25) is 4.79 Å². The number of phenolic OH excluding ortho intramolecular Hbond substituents is 1. The van der Waals surface area contributed by atoms with Gasteiger partial charge >= 0.3 is 0 Å². The molecule has 1 aliphatic rings. The second kappa shape index (κ2) is 8.93. The molecular formula is C21H22N2O7. The second-order valence-electron chi connectivity index (χ2n) is 6.73. The van der Waals surface area contributed by atoms with E-state index in [1.165, 1.54) is 12.1 Å². The van der Waals surface area contributed by atoms with Crippen LogP contribution in [-0.2, 0) is 0 Å². The highest BCUT2D eigenvalue weighted by atomic mass is 16.7. The van der Waals surface area contributed by atoms with Crippen LogP contribution in [-0.4, -0.2) is 54.4 Å². The van der Waals surface area contributed by atoms with Crippen LogP contribution < -0.4 is 29.8 Å². The van der Waals surface area contributed by atoms with Crippen LogP contribution in [0.2, 0.25) is 0 Å². The Labute approximate surface area is 171 Å². The van der Waals surface area contributed by atoms with Crippen molar-refractivity contribution in [1.29, 1.82) is 0 Å². The first-order chi connectivity index (χ1) is 14.6. The zero-order valence-electron chi connectivity index (χ0n) is 16.1. The number of rotatable bonds is 9. The van der Waals surface area contributed by atoms with Crippen molar-refractivity contribution in [3.8, 4) is 28.7 Å². The molecule has 9 nitrogen and oxygen atoms in total. The molecule has 2 heterocycles. The van der Waals surface area contributed by atoms with Gasteiger partial charge in [0.25, 0.3) is 0 Å². The van der Waals surface area contributed by atoms with E-state index in [0.717, 1.165) is 0 Å². The summed E-state index contributed by atoms with van der Waals surface area (Å²) in [5.74, 6) is 2.47. The number of aromatic nitrogens is 1. The maximum atomic E-state index is 11.4. The first-order valence-corrected chi connectivity index (χ1v) is 9.49. The molecule has 158 valence electrons. The molecular weight excluding hydrogens is 392 g/mol. The quantitative estimate of drug-likeness (QED) is 0.387. The van der Waals surface area contributed by atoms with Crippen molar-refractivity contribution in [2.75, 3.05) is 33.1 Å². The number of aliphatic hydroxyl groups is 1. The number of hydrogen-bond donors (Lipinski definition) is 4. The van der Waals surface area contributed by atoms with Gasteiger partial charge in [0.1, 0.15) is 36.6 Å². The molecule has 1 atom stereocenters. The van der Waals surface area contributed by atoms with Gasteiger partial charge in [-0.05, 0) is 30.3 Å². The minimum Gasteiger partial charge on any atom is -0.506 e. The summed E-state index contributed by atoms with van der Waals surface area (Å²) in [6, 6.07) is 11.3. The van der Waals surface area contributed by atoms with E-state index in [1.54, 1.807) is 24.3 Å². The van der Waals surface area contributed by atoms with E-state index in [4.69, 9.17) is 18.9 Å². The summed E-state index contributed by atoms with van der Waals surface area (Å²) in [4.78, 5) is 14.0. The number of aromatic amines is 1. The number of nitrogens with one attached hydrogen (secondary N) is 2. The van der Waals surface area contributed by atoms with Crippen molar-refractivity contribution in [1.82, 2.24) is 10.3 Å². The number of H-pyrrole nitrogens is 1. The van der Waals surface area contributed by atoms with Gasteiger partial charge in [-0.15, -0.1) is 0 Å². The molecule has 4 rings (SSSR count). The van der Waals surface area contributed by atoms with Crippen LogP contribution >= 0.6 is 0 Å². The summed E-state index contributed by atoms with van der Waals surface area (Å²) < 4.78 is 21.9. The van der Waals surface area contributed by atoms with E-state index < -0.39 is 6.10 Å². The Bertz CT molecular complexity index is 1080. The largest absolute Gasteiger partial charge is 0.506 e. The van der Waals surface area contributed by atoms with E-state index in [9.17, 15) is 15.0 Å². The van der Waals surface area contributed by atoms with Crippen molar-refractivity contribution in [3.63, 3.8) is 0 Å². The molecule has 3 aromatic rings. The Morgan fingerprint density at radius 2 is 1.97 bits per heavy atom. The predicted octanol–water partition coefficient (Wildman–Crippen LogP) is 1.37. The summed E-state index contributed by atoms with van der Waals surface area (Å²) in [6.45, 7) is 1.54. The fraction of sp³-hybridized carbons (Fsp3) is 0.286. The SMILES string of the molecule is O=c1ccc2c(OCC(O)CNCCOc3ccc4c(c3)OCO4)ccc(O)c2[nH]1. The third-order valence-electron chi connectivity index (χ3n) is 4.54. The molecule has 0 saturated heterocycles. The van der Waals surface area contributed by atoms with Gasteiger partial charge in [0, 0.05) is 30.6 Å². The summed E-state index contributed by atoms with van der Waals surface area (Å²) in [7, 11) is 0. The molecule has 1 unspecified atom stereocenters. The Balaban J connectivity index is 1.20. The highest BCUT2D eigenvalue weighted by Gasteiger charge is 2.14. The molecule has 4 N–H and O–H groups in total. The summed E-state index contributed by atoms with van der Waals surface area (Å²) >= 11 is 0. The number of benzene rings is 2. The van der Waals surface area contributed by atoms with Gasteiger partial charge in [0.05, 0.1) is 5.52 Å². The van der Waals surface area contributed by atoms with Gasteiger partial charge < -0.3 is 39.5 Å². The minimum absolute atomic E-state index is 0.0419. The predicted molar refractivity (Wildman–Crippen MR) is 109 cm³/mol. The average Bonchev–Trinajstić information content (AvgIpc) is 3.21. The standard InChI is InChI=1S/C21H22N2O7/c24-13(10-22-7-8-27-14-1-4-18-19(9-14)30-12-29-18)11-28-17-5-3-16(25)21-15(17)2-6-20(26)23-21/h1-6,9,13,22,24-25H,7-8,10-12H2,(H,23,26). The lowest BCUT2D eigenvalue weighted by Crippen LogP contribution is -2.33. The fourth-order valence-corrected chi connectivity index (χ4v) is 3.06. The third-order valence-corrected chi connectivity index (χ3v) is 4.54. The molecule has 1 aliphatic heterocycles. The molecule has 0 aliphatic carbocycles. The number of aliphatic hydroxyl groups excluding tert-OH is 1. The zero-order chi connectivity index (χ0) is 20.9. The van der Waals surface area contributed by atoms with Crippen LogP contribution in [0.15, 0.2) is 47.3 Å². The summed E-state index contributed by atoms with van der Waals surface area (Å²) in [6.07, 6.45) is -0.748. The van der Waals surface area contributed by atoms with Gasteiger partial charge in [-0.1, -0.05) is 0 Å². The minimum atomic E-state index is -0.748. The maximum Gasteiger partial charge on any atom is 0.248 e. The molecule has 0 fully saturated rings. The lowest BCUT2D eigenvalue weighted by atomic mass is 10.2. The van der Waals surface area contributed by atoms with E-state index in [1.807, 2.05) is 6.07 Å². The van der Waals surface area contributed by atoms with E-state index in [0.29, 0.717) is 53.6 Å². The fourth-order valence-electron chi connectivity index (χ4n) is 3.06. The molecule has 0 radical (unpaired) electrons. The maximum absolute atomic E-state index is 11.4. The molecule has 0 spiro atoms. The van der Waals surface area contributed by atoms with Crippen molar-refractivity contribution < 1.29 is 29.2 Å². The number of hydrogen-bond acceptors (Lipinski definition) is 8. The smallest absolute Gasteiger partial charge is 0.248 e. The normalized spacial score (nSPS) is 13.4. The number of phenols is 1. The van der Waals surface area contributed by atoms with Crippen LogP contribution in [0.25, 0.3) is 10.9 Å². The highest BCUT2D eigenvalue weighted by Crippen LogP contribution is 2.35. The van der Waals surface area contributed by atoms with Gasteiger partial charge in [-0.2, -0.15) is 0 Å². The van der Waals surface area contributed by atoms with Crippen LogP contribution in [0.1, 0.15) is 0 Å². The van der Waals surface area contributed by atoms with Crippen LogP contribution in [0.4, 0.5) is 0 Å². The van der Waals surface area contributed by atoms with E-state index >= 15 is 0 Å². The van der Waals surface area contributed by atoms with Crippen molar-refractivity contribution in [3.05, 3.63) is 52.8 Å². The summed E-state index contributed by atoms with van der Waals surface area (Å²) in [5.41, 5.74) is -0.0181. The van der Waals surface area contributed by atoms with Gasteiger partial charge in [0.15, 0.2) is 11.5 Å². The third kappa shape index (κ3) is 4.58. The number of pyridine rings is 1. The molecule has 9 heteroatoms. The molecule has 0 bridgehead atoms. The van der Waals surface area contributed by atoms with Crippen LogP contribution in [0.3, 0.4) is 0 Å². The monoisotopic (exact) mass is 414 g/mol. The van der Waals surface area contributed by atoms with Crippen molar-refractivity contribution in [2.45, 2.75) is 6.10 Å². The number of ether oxygens (including phenoxy) is 4. The molecule has 2 aromatic carbocycles. The molecule has 1 aromatic heterocycles. The average molecular weight is 414 g/mol. The Hall–Kier alpha value is -3.43. The molecule has 0 amide bonds. The first-order valence-electron chi connectivity index (χ1n) is 9.49. The molecule has 30 heavy (non-hydrogen) atoms.